The van der Waals surface area contributed by atoms with Crippen molar-refractivity contribution in [1.29, 1.82) is 0 Å². The SMILES string of the molecule is c1ccc(-c2ccc3ccc4c(-c5ccc(-c6cc(-c7ccccc7)nc7c6ccc6cccnc67)cc5)c5ccccc5nc4c3n2)cc1.c1cnc2c(c1)ccc1c(-c3ccc4c(ccc5cc(-c6c7ccccc7nc7c6ccc6cccnc67)ccc54)c3)ccnc12. The van der Waals surface area contributed by atoms with E-state index in [4.69, 9.17) is 34.9 Å². The summed E-state index contributed by atoms with van der Waals surface area (Å²) >= 11 is 0. The molecule has 8 nitrogen and oxygen atoms in total. The molecule has 0 atom stereocenters. The predicted molar refractivity (Wildman–Crippen MR) is 398 cm³/mol. The topological polar surface area (TPSA) is 103 Å². The van der Waals surface area contributed by atoms with Gasteiger partial charge in [0.1, 0.15) is 0 Å². The maximum Gasteiger partial charge on any atom is 0.0978 e. The van der Waals surface area contributed by atoms with E-state index in [2.05, 4.69) is 254 Å². The number of para-hydroxylation sites is 2. The lowest BCUT2D eigenvalue weighted by molar-refractivity contribution is 1.37. The molecule has 8 heterocycles. The molecule has 20 rings (SSSR count). The number of hydrogen-bond acceptors (Lipinski definition) is 8. The van der Waals surface area contributed by atoms with Gasteiger partial charge in [0.05, 0.1) is 66.6 Å². The fraction of sp³-hybridized carbons (Fsp3) is 0. The highest BCUT2D eigenvalue weighted by Crippen LogP contribution is 2.43. The van der Waals surface area contributed by atoms with Crippen molar-refractivity contribution in [2.75, 3.05) is 0 Å². The Bertz CT molecular complexity index is 6580. The molecule has 0 amide bonds. The third-order valence-electron chi connectivity index (χ3n) is 19.0. The summed E-state index contributed by atoms with van der Waals surface area (Å²) in [5.41, 5.74) is 22.5. The van der Waals surface area contributed by atoms with Crippen molar-refractivity contribution in [3.63, 3.8) is 0 Å². The van der Waals surface area contributed by atoms with Gasteiger partial charge in [-0.15, -0.1) is 0 Å². The fourth-order valence-corrected chi connectivity index (χ4v) is 14.5. The van der Waals surface area contributed by atoms with Crippen molar-refractivity contribution in [3.8, 4) is 67.0 Å². The van der Waals surface area contributed by atoms with Crippen LogP contribution in [0.2, 0.25) is 0 Å². The monoisotopic (exact) mass is 1220 g/mol. The summed E-state index contributed by atoms with van der Waals surface area (Å²) < 4.78 is 0. The Morgan fingerprint density at radius 1 is 0.177 bits per heavy atom. The number of hydrogen-bond donors (Lipinski definition) is 0. The first-order chi connectivity index (χ1) is 47.6. The van der Waals surface area contributed by atoms with Crippen molar-refractivity contribution in [3.05, 3.63) is 316 Å². The number of benzene rings is 12. The largest absolute Gasteiger partial charge is 0.254 e. The maximum absolute atomic E-state index is 5.21. The molecule has 0 radical (unpaired) electrons. The molecule has 0 aliphatic carbocycles. The van der Waals surface area contributed by atoms with Gasteiger partial charge in [0, 0.05) is 101 Å². The van der Waals surface area contributed by atoms with Gasteiger partial charge in [0.15, 0.2) is 0 Å². The van der Waals surface area contributed by atoms with Crippen LogP contribution in [0.1, 0.15) is 0 Å². The molecule has 8 aromatic heterocycles. The molecule has 0 saturated heterocycles. The average molecular weight is 1220 g/mol. The van der Waals surface area contributed by atoms with E-state index in [-0.39, 0.29) is 0 Å². The summed E-state index contributed by atoms with van der Waals surface area (Å²) in [4.78, 5) is 39.5. The third-order valence-corrected chi connectivity index (χ3v) is 19.0. The van der Waals surface area contributed by atoms with Gasteiger partial charge in [-0.25, -0.2) is 19.9 Å². The molecule has 8 heteroatoms. The van der Waals surface area contributed by atoms with E-state index in [0.29, 0.717) is 0 Å². The number of rotatable bonds is 6. The lowest BCUT2D eigenvalue weighted by Crippen LogP contribution is -1.94. The van der Waals surface area contributed by atoms with Gasteiger partial charge in [0.2, 0.25) is 0 Å². The molecule has 0 aliphatic rings. The number of nitrogens with zero attached hydrogens (tertiary/aromatic N) is 8. The fourth-order valence-electron chi connectivity index (χ4n) is 14.5. The van der Waals surface area contributed by atoms with Gasteiger partial charge >= 0.3 is 0 Å². The van der Waals surface area contributed by atoms with E-state index < -0.39 is 0 Å². The molecule has 0 fully saturated rings. The number of aromatic nitrogens is 8. The van der Waals surface area contributed by atoms with Gasteiger partial charge in [-0.1, -0.05) is 231 Å². The van der Waals surface area contributed by atoms with Crippen LogP contribution in [-0.2, 0) is 0 Å². The first kappa shape index (κ1) is 54.7. The Kier molecular flexibility index (Phi) is 12.7. The van der Waals surface area contributed by atoms with Crippen molar-refractivity contribution >= 4 is 131 Å². The zero-order chi connectivity index (χ0) is 63.2. The summed E-state index contributed by atoms with van der Waals surface area (Å²) in [7, 11) is 0. The zero-order valence-corrected chi connectivity index (χ0v) is 51.6. The lowest BCUT2D eigenvalue weighted by atomic mass is 9.91. The molecule has 20 aromatic rings. The highest BCUT2D eigenvalue weighted by Gasteiger charge is 2.20. The Hall–Kier alpha value is -13.0. The Balaban J connectivity index is 0.000000136. The van der Waals surface area contributed by atoms with Gasteiger partial charge in [-0.3, -0.25) is 19.9 Å². The minimum Gasteiger partial charge on any atom is -0.254 e. The van der Waals surface area contributed by atoms with Crippen LogP contribution in [0.5, 0.6) is 0 Å². The van der Waals surface area contributed by atoms with Crippen LogP contribution >= 0.6 is 0 Å². The smallest absolute Gasteiger partial charge is 0.0978 e. The number of pyridine rings is 8. The second kappa shape index (κ2) is 22.4. The standard InChI is InChI=1S/C46H28N4.C42H24N4/c1-3-10-30(11-4-1)39-26-23-34-22-25-37-42(36-15-7-8-16-40(36)49-46(37)44(34)48-39)32-19-17-29(18-20-32)38-28-41(31-12-5-2-6-13-31)50-45-35(38)24-21-33-14-9-27-47-43(33)45;1-2-8-37-35(7-1)38(36-18-12-26-6-4-21-44-40(26)42(36)46-37)30-14-16-32-28(24-30)10-9-27-23-29(13-15-31(27)32)33-19-22-45-41-34(33)17-11-25-5-3-20-43-39(25)41/h1-28H;1-24H. The van der Waals surface area contributed by atoms with Crippen LogP contribution in [0.4, 0.5) is 0 Å². The molecule has 12 aromatic carbocycles. The van der Waals surface area contributed by atoms with E-state index in [1.54, 1.807) is 0 Å². The highest BCUT2D eigenvalue weighted by molar-refractivity contribution is 6.20. The van der Waals surface area contributed by atoms with E-state index in [1.165, 1.54) is 38.2 Å². The normalized spacial score (nSPS) is 11.8. The molecule has 444 valence electrons. The minimum absolute atomic E-state index is 0.906. The summed E-state index contributed by atoms with van der Waals surface area (Å²) in [5, 5.41) is 15.9. The quantitative estimate of drug-likeness (QED) is 0.120. The molecule has 0 N–H and O–H groups in total. The van der Waals surface area contributed by atoms with E-state index in [1.807, 2.05) is 67.3 Å². The molecule has 0 aliphatic heterocycles. The van der Waals surface area contributed by atoms with Crippen LogP contribution in [0.3, 0.4) is 0 Å². The number of fused-ring (bicyclic) bond motifs is 17. The Morgan fingerprint density at radius 2 is 0.594 bits per heavy atom. The molecule has 0 spiro atoms. The van der Waals surface area contributed by atoms with Crippen molar-refractivity contribution in [2.24, 2.45) is 0 Å². The van der Waals surface area contributed by atoms with Crippen LogP contribution in [0.25, 0.3) is 198 Å². The molecular formula is C88H52N8. The maximum atomic E-state index is 5.21. The molecule has 96 heavy (non-hydrogen) atoms. The lowest BCUT2D eigenvalue weighted by Gasteiger charge is -2.15. The minimum atomic E-state index is 0.906. The first-order valence-corrected chi connectivity index (χ1v) is 32.3. The van der Waals surface area contributed by atoms with Crippen LogP contribution in [0, 0.1) is 0 Å². The van der Waals surface area contributed by atoms with Gasteiger partial charge in [-0.05, 0) is 116 Å². The summed E-state index contributed by atoms with van der Waals surface area (Å²) in [6.07, 6.45) is 7.42. The second-order valence-corrected chi connectivity index (χ2v) is 24.5. The average Bonchev–Trinajstić information content (AvgIpc) is 0.753. The van der Waals surface area contributed by atoms with E-state index in [0.717, 1.165) is 159 Å². The van der Waals surface area contributed by atoms with E-state index in [9.17, 15) is 0 Å². The van der Waals surface area contributed by atoms with Crippen molar-refractivity contribution < 1.29 is 0 Å². The van der Waals surface area contributed by atoms with E-state index >= 15 is 0 Å². The van der Waals surface area contributed by atoms with Gasteiger partial charge in [-0.2, -0.15) is 0 Å². The summed E-state index contributed by atoms with van der Waals surface area (Å²) in [6.45, 7) is 0. The molecule has 0 bridgehead atoms. The summed E-state index contributed by atoms with van der Waals surface area (Å²) in [5.74, 6) is 0. The Labute approximate surface area is 550 Å². The first-order valence-electron chi connectivity index (χ1n) is 32.3. The van der Waals surface area contributed by atoms with Gasteiger partial charge in [0.25, 0.3) is 0 Å². The Morgan fingerprint density at radius 3 is 1.21 bits per heavy atom. The highest BCUT2D eigenvalue weighted by atomic mass is 14.8. The van der Waals surface area contributed by atoms with Gasteiger partial charge < -0.3 is 0 Å². The zero-order valence-electron chi connectivity index (χ0n) is 51.6. The van der Waals surface area contributed by atoms with Crippen molar-refractivity contribution in [1.82, 2.24) is 39.9 Å². The third kappa shape index (κ3) is 9.14. The molecule has 0 saturated carbocycles. The summed E-state index contributed by atoms with van der Waals surface area (Å²) in [6, 6.07) is 103. The second-order valence-electron chi connectivity index (χ2n) is 24.5. The van der Waals surface area contributed by atoms with Crippen LogP contribution in [0.15, 0.2) is 316 Å². The van der Waals surface area contributed by atoms with Crippen LogP contribution < -0.4 is 0 Å². The van der Waals surface area contributed by atoms with Crippen LogP contribution in [-0.4, -0.2) is 39.9 Å². The van der Waals surface area contributed by atoms with Crippen molar-refractivity contribution in [2.45, 2.75) is 0 Å². The predicted octanol–water partition coefficient (Wildman–Crippen LogP) is 22.4. The molecular weight excluding hydrogens is 1170 g/mol. The molecule has 0 unspecified atom stereocenters.